The van der Waals surface area contributed by atoms with Gasteiger partial charge in [-0.05, 0) is 17.7 Å². The van der Waals surface area contributed by atoms with Crippen LogP contribution in [-0.4, -0.2) is 7.25 Å². The Hall–Kier alpha value is -0.605. The van der Waals surface area contributed by atoms with Crippen LogP contribution in [0.2, 0.25) is 0 Å². The molecule has 0 spiro atoms. The molecule has 80 valence electrons. The summed E-state index contributed by atoms with van der Waals surface area (Å²) in [6.45, 7) is 0.645. The summed E-state index contributed by atoms with van der Waals surface area (Å²) >= 11 is 0. The molecule has 1 aromatic rings. The van der Waals surface area contributed by atoms with Crippen molar-refractivity contribution in [1.82, 2.24) is 0 Å². The molecular weight excluding hydrogens is 216 g/mol. The van der Waals surface area contributed by atoms with Gasteiger partial charge in [-0.15, -0.1) is 0 Å². The van der Waals surface area contributed by atoms with Crippen LogP contribution in [0.25, 0.3) is 0 Å². The average Bonchev–Trinajstić information content (AvgIpc) is 2.01. The van der Waals surface area contributed by atoms with E-state index in [-0.39, 0.29) is 0 Å². The topological polar surface area (TPSA) is 26.0 Å². The average molecular weight is 227 g/mol. The second kappa shape index (κ2) is 5.99. The number of hydrogen-bond acceptors (Lipinski definition) is 1. The summed E-state index contributed by atoms with van der Waals surface area (Å²) in [4.78, 5) is 0. The molecule has 0 heterocycles. The van der Waals surface area contributed by atoms with E-state index in [4.69, 9.17) is 5.73 Å². The number of nitrogens with two attached hydrogens (primary N) is 1. The number of rotatable bonds is 1. The van der Waals surface area contributed by atoms with Gasteiger partial charge in [0.2, 0.25) is 0 Å². The van der Waals surface area contributed by atoms with Gasteiger partial charge in [-0.25, -0.2) is 0 Å². The summed E-state index contributed by atoms with van der Waals surface area (Å²) in [6.07, 6.45) is 0. The number of hydrogen-bond donors (Lipinski definition) is 1. The Morgan fingerprint density at radius 3 is 2.00 bits per heavy atom. The maximum absolute atomic E-state index is 9.75. The molecule has 0 fully saturated rings. The Morgan fingerprint density at radius 1 is 1.21 bits per heavy atom. The lowest BCUT2D eigenvalue weighted by Crippen LogP contribution is -2.02. The van der Waals surface area contributed by atoms with Crippen molar-refractivity contribution in [2.24, 2.45) is 5.73 Å². The minimum Gasteiger partial charge on any atom is -0.418 e. The van der Waals surface area contributed by atoms with E-state index >= 15 is 0 Å². The molecule has 0 aliphatic heterocycles. The van der Waals surface area contributed by atoms with Gasteiger partial charge in [0.15, 0.2) is 0 Å². The van der Waals surface area contributed by atoms with Gasteiger partial charge in [-0.3, -0.25) is 0 Å². The molecule has 1 aromatic carbocycles. The highest BCUT2D eigenvalue weighted by Gasteiger charge is 2.20. The van der Waals surface area contributed by atoms with Gasteiger partial charge < -0.3 is 23.0 Å². The lowest BCUT2D eigenvalue weighted by atomic mass is 10.2. The van der Waals surface area contributed by atoms with E-state index in [9.17, 15) is 17.3 Å². The van der Waals surface area contributed by atoms with Crippen molar-refractivity contribution in [2.45, 2.75) is 6.54 Å². The summed E-state index contributed by atoms with van der Waals surface area (Å²) in [7, 11) is -4.12. The summed E-state index contributed by atoms with van der Waals surface area (Å²) in [6, 6.07) is 8.26. The number of halogens is 4. The molecule has 0 amide bonds. The van der Waals surface area contributed by atoms with E-state index in [2.05, 4.69) is 12.1 Å². The SMILES string of the molecule is F[B-](F)(F)F.NCc1cccc([PH3+])c1. The first-order chi connectivity index (χ1) is 6.33. The predicted octanol–water partition coefficient (Wildman–Crippen LogP) is 1.68. The third-order valence-electron chi connectivity index (χ3n) is 1.23. The van der Waals surface area contributed by atoms with Gasteiger partial charge in [0.1, 0.15) is 0 Å². The van der Waals surface area contributed by atoms with Crippen molar-refractivity contribution in [1.29, 1.82) is 0 Å². The molecule has 1 atom stereocenters. The van der Waals surface area contributed by atoms with Crippen LogP contribution in [0, 0.1) is 0 Å². The maximum atomic E-state index is 9.75. The van der Waals surface area contributed by atoms with E-state index in [1.165, 1.54) is 10.9 Å². The fourth-order valence-corrected chi connectivity index (χ4v) is 1.15. The van der Waals surface area contributed by atoms with Crippen LogP contribution in [0.4, 0.5) is 17.3 Å². The summed E-state index contributed by atoms with van der Waals surface area (Å²) < 4.78 is 39.0. The van der Waals surface area contributed by atoms with E-state index in [0.717, 1.165) is 0 Å². The Balaban J connectivity index is 0.000000292. The molecule has 7 heteroatoms. The fourth-order valence-electron chi connectivity index (χ4n) is 0.757. The van der Waals surface area contributed by atoms with E-state index < -0.39 is 7.25 Å². The Kier molecular flexibility index (Phi) is 5.73. The zero-order chi connectivity index (χ0) is 11.2. The van der Waals surface area contributed by atoms with Gasteiger partial charge in [0, 0.05) is 15.8 Å². The molecule has 0 aliphatic rings. The van der Waals surface area contributed by atoms with Crippen LogP contribution in [-0.2, 0) is 6.54 Å². The van der Waals surface area contributed by atoms with Crippen molar-refractivity contribution < 1.29 is 17.3 Å². The van der Waals surface area contributed by atoms with Crippen molar-refractivity contribution in [3.63, 3.8) is 0 Å². The quantitative estimate of drug-likeness (QED) is 0.440. The normalized spacial score (nSPS) is 10.6. The largest absolute Gasteiger partial charge is 0.673 e. The summed E-state index contributed by atoms with van der Waals surface area (Å²) in [5.41, 5.74) is 6.63. The molecule has 0 aliphatic carbocycles. The molecule has 0 saturated heterocycles. The van der Waals surface area contributed by atoms with E-state index in [1.54, 1.807) is 0 Å². The maximum Gasteiger partial charge on any atom is 0.673 e. The fraction of sp³-hybridized carbons (Fsp3) is 0.143. The molecule has 1 unspecified atom stereocenters. The smallest absolute Gasteiger partial charge is 0.418 e. The van der Waals surface area contributed by atoms with Gasteiger partial charge in [-0.2, -0.15) is 0 Å². The first-order valence-electron chi connectivity index (χ1n) is 3.81. The first-order valence-corrected chi connectivity index (χ1v) is 4.52. The molecule has 2 N–H and O–H groups in total. The van der Waals surface area contributed by atoms with Crippen LogP contribution in [0.1, 0.15) is 5.56 Å². The minimum atomic E-state index is -6.00. The standard InChI is InChI=1S/C7H10NP.BF4/c8-5-6-2-1-3-7(9)4-6;2-1(3,4)5/h1-4H,5,8-9H2;/q;-1/p+1. The summed E-state index contributed by atoms with van der Waals surface area (Å²) in [5.74, 6) is 0. The highest BCUT2D eigenvalue weighted by atomic mass is 31.0. The highest BCUT2D eigenvalue weighted by molar-refractivity contribution is 7.27. The van der Waals surface area contributed by atoms with Crippen LogP contribution in [0.5, 0.6) is 0 Å². The molecule has 0 radical (unpaired) electrons. The van der Waals surface area contributed by atoms with E-state index in [1.807, 2.05) is 21.4 Å². The summed E-state index contributed by atoms with van der Waals surface area (Å²) in [5, 5.41) is 1.30. The van der Waals surface area contributed by atoms with Crippen molar-refractivity contribution >= 4 is 21.8 Å². The predicted molar refractivity (Wildman–Crippen MR) is 55.3 cm³/mol. The molecule has 1 nitrogen and oxygen atoms in total. The van der Waals surface area contributed by atoms with Crippen molar-refractivity contribution in [3.05, 3.63) is 29.8 Å². The second-order valence-corrected chi connectivity index (χ2v) is 3.34. The minimum absolute atomic E-state index is 0.645. The third-order valence-corrected chi connectivity index (χ3v) is 1.67. The van der Waals surface area contributed by atoms with Crippen LogP contribution in [0.15, 0.2) is 24.3 Å². The third kappa shape index (κ3) is 9.48. The Morgan fingerprint density at radius 2 is 1.71 bits per heavy atom. The van der Waals surface area contributed by atoms with Crippen LogP contribution < -0.4 is 11.0 Å². The van der Waals surface area contributed by atoms with Crippen LogP contribution >= 0.6 is 9.24 Å². The van der Waals surface area contributed by atoms with E-state index in [0.29, 0.717) is 6.54 Å². The highest BCUT2D eigenvalue weighted by Crippen LogP contribution is 2.06. The lowest BCUT2D eigenvalue weighted by Gasteiger charge is -1.94. The Labute approximate surface area is 82.0 Å². The zero-order valence-electron chi connectivity index (χ0n) is 7.39. The monoisotopic (exact) mass is 227 g/mol. The van der Waals surface area contributed by atoms with Gasteiger partial charge in [-0.1, -0.05) is 12.1 Å². The lowest BCUT2D eigenvalue weighted by molar-refractivity contribution is 0.368. The molecular formula is C7H11BF4NP. The zero-order valence-corrected chi connectivity index (χ0v) is 8.80. The van der Waals surface area contributed by atoms with Crippen molar-refractivity contribution in [3.8, 4) is 0 Å². The van der Waals surface area contributed by atoms with Crippen molar-refractivity contribution in [2.75, 3.05) is 0 Å². The van der Waals surface area contributed by atoms with Gasteiger partial charge in [0.25, 0.3) is 0 Å². The molecule has 1 rings (SSSR count). The second-order valence-electron chi connectivity index (χ2n) is 2.52. The molecule has 0 saturated carbocycles. The first kappa shape index (κ1) is 13.4. The van der Waals surface area contributed by atoms with Gasteiger partial charge in [0.05, 0.1) is 5.30 Å². The van der Waals surface area contributed by atoms with Gasteiger partial charge >= 0.3 is 7.25 Å². The molecule has 0 aromatic heterocycles. The van der Waals surface area contributed by atoms with Crippen LogP contribution in [0.3, 0.4) is 0 Å². The molecule has 14 heavy (non-hydrogen) atoms. The number of benzene rings is 1. The Bertz CT molecular complexity index is 273. The molecule has 0 bridgehead atoms.